The fraction of sp³-hybridized carbons (Fsp3) is 0.182. The van der Waals surface area contributed by atoms with Crippen molar-refractivity contribution in [1.82, 2.24) is 14.8 Å². The van der Waals surface area contributed by atoms with Gasteiger partial charge in [0.15, 0.2) is 6.73 Å². The smallest absolute Gasteiger partial charge is 0.413 e. The summed E-state index contributed by atoms with van der Waals surface area (Å²) in [6.07, 6.45) is 2.27. The zero-order valence-electron chi connectivity index (χ0n) is 9.74. The van der Waals surface area contributed by atoms with Crippen molar-refractivity contribution < 1.29 is 14.3 Å². The van der Waals surface area contributed by atoms with Crippen molar-refractivity contribution in [2.24, 2.45) is 0 Å². The molecule has 0 saturated carbocycles. The molecule has 1 heterocycles. The average molecular weight is 248 g/mol. The summed E-state index contributed by atoms with van der Waals surface area (Å²) in [7, 11) is 1.58. The van der Waals surface area contributed by atoms with Crippen molar-refractivity contribution in [2.45, 2.75) is 6.73 Å². The highest BCUT2D eigenvalue weighted by molar-refractivity contribution is 5.84. The number of hydrogen-bond donors (Lipinski definition) is 1. The van der Waals surface area contributed by atoms with Crippen LogP contribution >= 0.6 is 0 Å². The normalized spacial score (nSPS) is 9.83. The van der Waals surface area contributed by atoms with E-state index in [1.54, 1.807) is 31.4 Å². The quantitative estimate of drug-likeness (QED) is 0.886. The lowest BCUT2D eigenvalue weighted by molar-refractivity contribution is 0.121. The Morgan fingerprint density at radius 2 is 2.17 bits per heavy atom. The first-order valence-corrected chi connectivity index (χ1v) is 5.18. The van der Waals surface area contributed by atoms with Gasteiger partial charge in [0.2, 0.25) is 0 Å². The largest absolute Gasteiger partial charge is 0.497 e. The number of anilines is 1. The van der Waals surface area contributed by atoms with Gasteiger partial charge in [-0.15, -0.1) is 0 Å². The van der Waals surface area contributed by atoms with Crippen LogP contribution in [0.2, 0.25) is 0 Å². The van der Waals surface area contributed by atoms with Crippen LogP contribution in [0.5, 0.6) is 5.75 Å². The van der Waals surface area contributed by atoms with Crippen LogP contribution < -0.4 is 10.1 Å². The highest BCUT2D eigenvalue weighted by atomic mass is 16.6. The van der Waals surface area contributed by atoms with E-state index < -0.39 is 6.09 Å². The fourth-order valence-corrected chi connectivity index (χ4v) is 1.25. The second-order valence-corrected chi connectivity index (χ2v) is 3.35. The number of rotatable bonds is 4. The minimum absolute atomic E-state index is 0.0159. The second kappa shape index (κ2) is 5.67. The van der Waals surface area contributed by atoms with Gasteiger partial charge in [-0.3, -0.25) is 5.32 Å². The van der Waals surface area contributed by atoms with Crippen LogP contribution in [0.1, 0.15) is 0 Å². The van der Waals surface area contributed by atoms with Gasteiger partial charge in [-0.2, -0.15) is 5.10 Å². The first-order valence-electron chi connectivity index (χ1n) is 5.18. The van der Waals surface area contributed by atoms with E-state index in [9.17, 15) is 4.79 Å². The van der Waals surface area contributed by atoms with E-state index in [1.807, 2.05) is 0 Å². The highest BCUT2D eigenvalue weighted by Crippen LogP contribution is 2.14. The summed E-state index contributed by atoms with van der Waals surface area (Å²) in [6, 6.07) is 6.92. The molecule has 2 rings (SSSR count). The molecule has 2 aromatic rings. The van der Waals surface area contributed by atoms with Gasteiger partial charge in [-0.05, 0) is 24.3 Å². The molecule has 1 aromatic heterocycles. The Bertz CT molecular complexity index is 496. The van der Waals surface area contributed by atoms with E-state index in [2.05, 4.69) is 15.4 Å². The molecule has 0 radical (unpaired) electrons. The molecule has 0 atom stereocenters. The first kappa shape index (κ1) is 11.9. The van der Waals surface area contributed by atoms with Crippen molar-refractivity contribution >= 4 is 11.8 Å². The summed E-state index contributed by atoms with van der Waals surface area (Å²) < 4.78 is 11.3. The predicted molar refractivity (Wildman–Crippen MR) is 63.1 cm³/mol. The van der Waals surface area contributed by atoms with Gasteiger partial charge in [-0.1, -0.05) is 0 Å². The molecule has 18 heavy (non-hydrogen) atoms. The van der Waals surface area contributed by atoms with Gasteiger partial charge in [0.1, 0.15) is 18.4 Å². The lowest BCUT2D eigenvalue weighted by atomic mass is 10.3. The number of hydrogen-bond acceptors (Lipinski definition) is 5. The fourth-order valence-electron chi connectivity index (χ4n) is 1.25. The van der Waals surface area contributed by atoms with E-state index in [0.717, 1.165) is 5.75 Å². The van der Waals surface area contributed by atoms with Crippen molar-refractivity contribution in [2.75, 3.05) is 12.4 Å². The van der Waals surface area contributed by atoms with Crippen LogP contribution in [-0.4, -0.2) is 28.0 Å². The molecular formula is C11H12N4O3. The topological polar surface area (TPSA) is 78.3 Å². The van der Waals surface area contributed by atoms with Gasteiger partial charge in [0.25, 0.3) is 0 Å². The number of aromatic nitrogens is 3. The molecule has 0 bridgehead atoms. The number of nitrogens with one attached hydrogen (secondary N) is 1. The number of amides is 1. The number of ether oxygens (including phenoxy) is 2. The summed E-state index contributed by atoms with van der Waals surface area (Å²) in [5, 5.41) is 6.38. The zero-order chi connectivity index (χ0) is 12.8. The Kier molecular flexibility index (Phi) is 3.75. The van der Waals surface area contributed by atoms with E-state index in [4.69, 9.17) is 9.47 Å². The third-order valence-electron chi connectivity index (χ3n) is 2.13. The third-order valence-corrected chi connectivity index (χ3v) is 2.13. The number of carbonyl (C=O) groups is 1. The molecule has 0 spiro atoms. The first-order chi connectivity index (χ1) is 8.78. The lowest BCUT2D eigenvalue weighted by Crippen LogP contribution is -2.16. The number of nitrogens with zero attached hydrogens (tertiary/aromatic N) is 3. The van der Waals surface area contributed by atoms with E-state index in [-0.39, 0.29) is 6.73 Å². The lowest BCUT2D eigenvalue weighted by Gasteiger charge is -2.07. The Balaban J connectivity index is 1.83. The van der Waals surface area contributed by atoms with Crippen LogP contribution in [0.25, 0.3) is 0 Å². The molecule has 0 saturated heterocycles. The maximum Gasteiger partial charge on any atom is 0.413 e. The van der Waals surface area contributed by atoms with E-state index >= 15 is 0 Å². The Hall–Kier alpha value is -2.57. The summed E-state index contributed by atoms with van der Waals surface area (Å²) >= 11 is 0. The summed E-state index contributed by atoms with van der Waals surface area (Å²) in [4.78, 5) is 15.2. The Morgan fingerprint density at radius 3 is 2.78 bits per heavy atom. The summed E-state index contributed by atoms with van der Waals surface area (Å²) in [6.45, 7) is 0.0159. The molecule has 7 nitrogen and oxygen atoms in total. The minimum Gasteiger partial charge on any atom is -0.497 e. The molecule has 0 aliphatic heterocycles. The van der Waals surface area contributed by atoms with Crippen molar-refractivity contribution in [3.05, 3.63) is 36.9 Å². The van der Waals surface area contributed by atoms with Crippen molar-refractivity contribution in [3.8, 4) is 5.75 Å². The predicted octanol–water partition coefficient (Wildman–Crippen LogP) is 1.49. The SMILES string of the molecule is COc1ccc(NC(=O)OCn2cncn2)cc1. The molecule has 0 aliphatic carbocycles. The van der Waals surface area contributed by atoms with Crippen LogP contribution in [0, 0.1) is 0 Å². The Morgan fingerprint density at radius 1 is 1.39 bits per heavy atom. The van der Waals surface area contributed by atoms with Crippen LogP contribution in [0.15, 0.2) is 36.9 Å². The average Bonchev–Trinajstić information content (AvgIpc) is 2.90. The molecule has 94 valence electrons. The van der Waals surface area contributed by atoms with Gasteiger partial charge >= 0.3 is 6.09 Å². The summed E-state index contributed by atoms with van der Waals surface area (Å²) in [5.41, 5.74) is 0.624. The standard InChI is InChI=1S/C11H12N4O3/c1-17-10-4-2-9(3-5-10)14-11(16)18-8-15-7-12-6-13-15/h2-7H,8H2,1H3,(H,14,16). The van der Waals surface area contributed by atoms with Crippen LogP contribution in [0.4, 0.5) is 10.5 Å². The number of benzene rings is 1. The molecule has 0 unspecified atom stereocenters. The van der Waals surface area contributed by atoms with E-state index in [1.165, 1.54) is 17.3 Å². The molecule has 1 amide bonds. The maximum absolute atomic E-state index is 11.4. The zero-order valence-corrected chi connectivity index (χ0v) is 9.74. The van der Waals surface area contributed by atoms with Gasteiger partial charge < -0.3 is 9.47 Å². The molecule has 1 N–H and O–H groups in total. The van der Waals surface area contributed by atoms with Gasteiger partial charge in [-0.25, -0.2) is 14.5 Å². The van der Waals surface area contributed by atoms with Crippen molar-refractivity contribution in [3.63, 3.8) is 0 Å². The van der Waals surface area contributed by atoms with Crippen LogP contribution in [-0.2, 0) is 11.5 Å². The minimum atomic E-state index is -0.560. The van der Waals surface area contributed by atoms with Crippen LogP contribution in [0.3, 0.4) is 0 Å². The molecular weight excluding hydrogens is 236 g/mol. The number of carbonyl (C=O) groups excluding carboxylic acids is 1. The highest BCUT2D eigenvalue weighted by Gasteiger charge is 2.03. The Labute approximate surface area is 103 Å². The molecule has 0 aliphatic rings. The maximum atomic E-state index is 11.4. The monoisotopic (exact) mass is 248 g/mol. The molecule has 1 aromatic carbocycles. The van der Waals surface area contributed by atoms with E-state index in [0.29, 0.717) is 5.69 Å². The van der Waals surface area contributed by atoms with Crippen molar-refractivity contribution in [1.29, 1.82) is 0 Å². The number of methoxy groups -OCH3 is 1. The molecule has 0 fully saturated rings. The summed E-state index contributed by atoms with van der Waals surface area (Å²) in [5.74, 6) is 0.719. The van der Waals surface area contributed by atoms with Gasteiger partial charge in [0.05, 0.1) is 7.11 Å². The second-order valence-electron chi connectivity index (χ2n) is 3.35. The third kappa shape index (κ3) is 3.21. The van der Waals surface area contributed by atoms with Gasteiger partial charge in [0, 0.05) is 5.69 Å². The molecule has 7 heteroatoms.